The van der Waals surface area contributed by atoms with E-state index >= 15 is 0 Å². The van der Waals surface area contributed by atoms with Crippen molar-refractivity contribution in [3.8, 4) is 6.07 Å². The Hall–Kier alpha value is -2.15. The maximum absolute atomic E-state index is 13.1. The quantitative estimate of drug-likeness (QED) is 0.744. The highest BCUT2D eigenvalue weighted by molar-refractivity contribution is 7.89. The molecule has 1 fully saturated rings. The molecule has 0 saturated carbocycles. The molecule has 0 aliphatic carbocycles. The van der Waals surface area contributed by atoms with E-state index in [4.69, 9.17) is 5.26 Å². The molecule has 1 atom stereocenters. The molecule has 1 N–H and O–H groups in total. The van der Waals surface area contributed by atoms with Crippen LogP contribution in [0.25, 0.3) is 0 Å². The second-order valence-corrected chi connectivity index (χ2v) is 9.62. The monoisotopic (exact) mass is 420 g/mol. The van der Waals surface area contributed by atoms with Crippen molar-refractivity contribution >= 4 is 27.3 Å². The number of piperidine rings is 1. The summed E-state index contributed by atoms with van der Waals surface area (Å²) < 4.78 is 29.7. The molecule has 0 spiro atoms. The topological polar surface area (TPSA) is 95.2 Å². The van der Waals surface area contributed by atoms with E-state index in [1.54, 1.807) is 38.6 Å². The number of amides is 1. The van der Waals surface area contributed by atoms with E-state index in [1.807, 2.05) is 0 Å². The molecule has 1 aliphatic heterocycles. The highest BCUT2D eigenvalue weighted by Gasteiger charge is 2.31. The van der Waals surface area contributed by atoms with Crippen molar-refractivity contribution in [2.45, 2.75) is 43.7 Å². The Kier molecular flexibility index (Phi) is 6.54. The van der Waals surface area contributed by atoms with E-state index < -0.39 is 16.1 Å². The Labute approximate surface area is 169 Å². The molecule has 2 aromatic heterocycles. The van der Waals surface area contributed by atoms with Crippen molar-refractivity contribution in [2.24, 2.45) is 5.92 Å². The van der Waals surface area contributed by atoms with E-state index in [0.717, 1.165) is 12.8 Å². The number of nitrogens with zero attached hydrogens (tertiary/aromatic N) is 3. The molecule has 3 rings (SSSR count). The summed E-state index contributed by atoms with van der Waals surface area (Å²) in [7, 11) is -3.78. The van der Waals surface area contributed by atoms with E-state index in [9.17, 15) is 13.2 Å². The van der Waals surface area contributed by atoms with E-state index in [0.29, 0.717) is 31.2 Å². The third kappa shape index (κ3) is 4.82. The molecule has 150 valence electrons. The van der Waals surface area contributed by atoms with Gasteiger partial charge in [0.1, 0.15) is 17.8 Å². The van der Waals surface area contributed by atoms with Crippen LogP contribution in [-0.2, 0) is 21.4 Å². The van der Waals surface area contributed by atoms with Crippen LogP contribution in [0.3, 0.4) is 0 Å². The Morgan fingerprint density at radius 3 is 2.79 bits per heavy atom. The average Bonchev–Trinajstić information content (AvgIpc) is 3.37. The predicted octanol–water partition coefficient (Wildman–Crippen LogP) is 2.42. The zero-order valence-corrected chi connectivity index (χ0v) is 17.4. The van der Waals surface area contributed by atoms with Crippen molar-refractivity contribution < 1.29 is 13.2 Å². The van der Waals surface area contributed by atoms with Gasteiger partial charge in [-0.1, -0.05) is 6.92 Å². The van der Waals surface area contributed by atoms with Gasteiger partial charge in [-0.3, -0.25) is 4.79 Å². The molecular formula is C19H24N4O3S2. The minimum absolute atomic E-state index is 0.168. The van der Waals surface area contributed by atoms with Gasteiger partial charge in [-0.05, 0) is 48.8 Å². The molecule has 2 aromatic rings. The summed E-state index contributed by atoms with van der Waals surface area (Å²) in [6, 6.07) is 6.21. The van der Waals surface area contributed by atoms with Crippen molar-refractivity contribution in [3.63, 3.8) is 0 Å². The van der Waals surface area contributed by atoms with Crippen LogP contribution >= 0.6 is 11.3 Å². The first kappa shape index (κ1) is 20.6. The number of nitrogens with one attached hydrogen (secondary N) is 1. The third-order valence-corrected chi connectivity index (χ3v) is 7.40. The van der Waals surface area contributed by atoms with E-state index in [-0.39, 0.29) is 17.2 Å². The molecule has 1 unspecified atom stereocenters. The number of aromatic nitrogens is 1. The van der Waals surface area contributed by atoms with Gasteiger partial charge in [0.2, 0.25) is 15.9 Å². The number of nitriles is 1. The molecule has 0 aromatic carbocycles. The normalized spacial score (nSPS) is 16.6. The zero-order valence-electron chi connectivity index (χ0n) is 15.7. The van der Waals surface area contributed by atoms with Gasteiger partial charge in [-0.15, -0.1) is 0 Å². The third-order valence-electron chi connectivity index (χ3n) is 5.10. The number of hydrogen-bond acceptors (Lipinski definition) is 5. The Bertz CT molecular complexity index is 936. The molecule has 9 heteroatoms. The second kappa shape index (κ2) is 8.90. The Morgan fingerprint density at radius 1 is 1.39 bits per heavy atom. The highest BCUT2D eigenvalue weighted by atomic mass is 32.2. The van der Waals surface area contributed by atoms with Crippen molar-refractivity contribution in [3.05, 3.63) is 40.8 Å². The van der Waals surface area contributed by atoms with Crippen LogP contribution in [-0.4, -0.2) is 42.9 Å². The molecule has 1 amide bonds. The minimum atomic E-state index is -3.78. The summed E-state index contributed by atoms with van der Waals surface area (Å²) in [6.07, 6.45) is 3.88. The minimum Gasteiger partial charge on any atom is -0.341 e. The summed E-state index contributed by atoms with van der Waals surface area (Å²) in [5.74, 6) is 0.374. The summed E-state index contributed by atoms with van der Waals surface area (Å²) in [6.45, 7) is 3.82. The summed E-state index contributed by atoms with van der Waals surface area (Å²) >= 11 is 1.29. The molecule has 0 radical (unpaired) electrons. The summed E-state index contributed by atoms with van der Waals surface area (Å²) in [4.78, 5) is 15.0. The molecule has 3 heterocycles. The van der Waals surface area contributed by atoms with Crippen molar-refractivity contribution in [2.75, 3.05) is 13.1 Å². The Balaban J connectivity index is 1.77. The number of carbonyl (C=O) groups is 1. The lowest BCUT2D eigenvalue weighted by atomic mass is 9.98. The molecule has 1 aliphatic rings. The van der Waals surface area contributed by atoms with Gasteiger partial charge in [0.15, 0.2) is 0 Å². The lowest BCUT2D eigenvalue weighted by Crippen LogP contribution is -2.50. The SMILES string of the molecule is CC1CCN(C(=O)C(CCn2cccc2C#N)NS(=O)(=O)c2ccsc2)CC1. The number of aryl methyl sites for hydroxylation is 1. The predicted molar refractivity (Wildman–Crippen MR) is 107 cm³/mol. The molecule has 7 nitrogen and oxygen atoms in total. The maximum Gasteiger partial charge on any atom is 0.242 e. The zero-order chi connectivity index (χ0) is 20.1. The van der Waals surface area contributed by atoms with Crippen LogP contribution in [0, 0.1) is 17.2 Å². The molecule has 1 saturated heterocycles. The first-order valence-corrected chi connectivity index (χ1v) is 11.7. The fourth-order valence-corrected chi connectivity index (χ4v) is 5.57. The first-order valence-electron chi connectivity index (χ1n) is 9.29. The lowest BCUT2D eigenvalue weighted by Gasteiger charge is -2.33. The van der Waals surface area contributed by atoms with Crippen LogP contribution < -0.4 is 4.72 Å². The second-order valence-electron chi connectivity index (χ2n) is 7.13. The van der Waals surface area contributed by atoms with Crippen molar-refractivity contribution in [1.82, 2.24) is 14.2 Å². The molecular weight excluding hydrogens is 396 g/mol. The number of rotatable bonds is 7. The van der Waals surface area contributed by atoms with E-state index in [2.05, 4.69) is 17.7 Å². The first-order chi connectivity index (χ1) is 13.4. The highest BCUT2D eigenvalue weighted by Crippen LogP contribution is 2.19. The van der Waals surface area contributed by atoms with Gasteiger partial charge in [0, 0.05) is 31.2 Å². The van der Waals surface area contributed by atoms with Crippen LogP contribution in [0.15, 0.2) is 40.1 Å². The molecule has 28 heavy (non-hydrogen) atoms. The van der Waals surface area contributed by atoms with Gasteiger partial charge >= 0.3 is 0 Å². The van der Waals surface area contributed by atoms with Gasteiger partial charge in [-0.25, -0.2) is 8.42 Å². The van der Waals surface area contributed by atoms with E-state index in [1.165, 1.54) is 17.4 Å². The Morgan fingerprint density at radius 2 is 2.14 bits per heavy atom. The van der Waals surface area contributed by atoms with Gasteiger partial charge in [-0.2, -0.15) is 21.3 Å². The fourth-order valence-electron chi connectivity index (χ4n) is 3.32. The van der Waals surface area contributed by atoms with Gasteiger partial charge in [0.05, 0.1) is 4.90 Å². The van der Waals surface area contributed by atoms with Crippen LogP contribution in [0.4, 0.5) is 0 Å². The van der Waals surface area contributed by atoms with Crippen LogP contribution in [0.1, 0.15) is 31.9 Å². The number of carbonyl (C=O) groups excluding carboxylic acids is 1. The standard InChI is InChI=1S/C19H24N4O3S2/c1-15-4-9-23(10-5-15)19(24)18(6-11-22-8-2-3-16(22)13-20)21-28(25,26)17-7-12-27-14-17/h2-3,7-8,12,14-15,18,21H,4-6,9-11H2,1H3. The van der Waals surface area contributed by atoms with Gasteiger partial charge < -0.3 is 9.47 Å². The summed E-state index contributed by atoms with van der Waals surface area (Å²) in [5.41, 5.74) is 0.485. The average molecular weight is 421 g/mol. The molecule has 0 bridgehead atoms. The number of thiophene rings is 1. The largest absolute Gasteiger partial charge is 0.341 e. The van der Waals surface area contributed by atoms with Crippen LogP contribution in [0.2, 0.25) is 0 Å². The lowest BCUT2D eigenvalue weighted by molar-refractivity contribution is -0.134. The summed E-state index contributed by atoms with van der Waals surface area (Å²) in [5, 5.41) is 12.4. The number of likely N-dealkylation sites (tertiary alicyclic amines) is 1. The number of hydrogen-bond donors (Lipinski definition) is 1. The fraction of sp³-hybridized carbons (Fsp3) is 0.474. The number of sulfonamides is 1. The van der Waals surface area contributed by atoms with Gasteiger partial charge in [0.25, 0.3) is 0 Å². The maximum atomic E-state index is 13.1. The van der Waals surface area contributed by atoms with Crippen molar-refractivity contribution in [1.29, 1.82) is 5.26 Å². The van der Waals surface area contributed by atoms with Crippen LogP contribution in [0.5, 0.6) is 0 Å². The smallest absolute Gasteiger partial charge is 0.242 e.